The van der Waals surface area contributed by atoms with Gasteiger partial charge in [-0.2, -0.15) is 0 Å². The first-order valence-electron chi connectivity index (χ1n) is 12.8. The van der Waals surface area contributed by atoms with Gasteiger partial charge in [-0.25, -0.2) is 4.79 Å². The lowest BCUT2D eigenvalue weighted by molar-refractivity contribution is -0.00397. The molecule has 0 aliphatic heterocycles. The molecule has 0 saturated carbocycles. The number of aliphatic hydroxyl groups is 1. The van der Waals surface area contributed by atoms with Gasteiger partial charge >= 0.3 is 5.97 Å². The molecule has 4 aromatic rings. The Labute approximate surface area is 229 Å². The van der Waals surface area contributed by atoms with E-state index in [4.69, 9.17) is 16.3 Å². The number of rotatable bonds is 11. The summed E-state index contributed by atoms with van der Waals surface area (Å²) in [4.78, 5) is 11.3. The minimum Gasteiger partial charge on any atom is -0.478 e. The van der Waals surface area contributed by atoms with Crippen LogP contribution in [0.1, 0.15) is 48.4 Å². The molecule has 0 unspecified atom stereocenters. The van der Waals surface area contributed by atoms with Crippen LogP contribution in [0.5, 0.6) is 0 Å². The summed E-state index contributed by atoms with van der Waals surface area (Å²) < 4.78 is 6.06. The van der Waals surface area contributed by atoms with Gasteiger partial charge in [0.1, 0.15) is 0 Å². The highest BCUT2D eigenvalue weighted by atomic mass is 35.5. The van der Waals surface area contributed by atoms with E-state index in [-0.39, 0.29) is 28.8 Å². The number of β-amino-alcohol motifs (C(OH)–C–C–N with tert-alkyl or cyclic N) is 1. The highest BCUT2D eigenvalue weighted by Gasteiger charge is 2.21. The van der Waals surface area contributed by atoms with Gasteiger partial charge in [-0.05, 0) is 72.4 Å². The molecule has 4 aromatic carbocycles. The number of fused-ring (bicyclic) bond motifs is 1. The molecule has 0 spiro atoms. The third-order valence-corrected chi connectivity index (χ3v) is 7.04. The van der Waals surface area contributed by atoms with Crippen LogP contribution in [0.15, 0.2) is 84.9 Å². The molecule has 5 nitrogen and oxygen atoms in total. The maximum Gasteiger partial charge on any atom is 0.337 e. The Morgan fingerprint density at radius 1 is 0.974 bits per heavy atom. The molecular weight excluding hydrogens is 498 g/mol. The summed E-state index contributed by atoms with van der Waals surface area (Å²) in [6, 6.07) is 27.6. The lowest BCUT2D eigenvalue weighted by Gasteiger charge is -2.28. The molecule has 4 rings (SSSR count). The molecule has 2 atom stereocenters. The van der Waals surface area contributed by atoms with E-state index < -0.39 is 12.1 Å². The summed E-state index contributed by atoms with van der Waals surface area (Å²) in [5.41, 5.74) is 3.75. The normalized spacial score (nSPS) is 13.4. The summed E-state index contributed by atoms with van der Waals surface area (Å²) >= 11 is 6.21. The fourth-order valence-corrected chi connectivity index (χ4v) is 4.95. The van der Waals surface area contributed by atoms with Crippen molar-refractivity contribution in [1.82, 2.24) is 5.32 Å². The van der Waals surface area contributed by atoms with Crippen LogP contribution in [-0.2, 0) is 11.2 Å². The highest BCUT2D eigenvalue weighted by molar-refractivity contribution is 6.33. The van der Waals surface area contributed by atoms with E-state index in [1.165, 1.54) is 22.4 Å². The van der Waals surface area contributed by atoms with E-state index in [0.29, 0.717) is 6.54 Å². The lowest BCUT2D eigenvalue weighted by Crippen LogP contribution is -2.46. The minimum absolute atomic E-state index is 0.0661. The molecule has 0 aliphatic carbocycles. The van der Waals surface area contributed by atoms with E-state index in [1.807, 2.05) is 37.3 Å². The number of carboxylic acids is 1. The number of hydrogen-bond donors (Lipinski definition) is 3. The Morgan fingerprint density at radius 2 is 1.68 bits per heavy atom. The summed E-state index contributed by atoms with van der Waals surface area (Å²) in [5, 5.41) is 26.0. The number of aromatic carboxylic acids is 1. The number of carboxylic acid groups (broad SMARTS) is 1. The summed E-state index contributed by atoms with van der Waals surface area (Å²) in [6.07, 6.45) is -0.132. The first kappa shape index (κ1) is 27.8. The molecule has 0 aliphatic rings. The first-order chi connectivity index (χ1) is 18.1. The number of ether oxygens (including phenoxy) is 1. The molecule has 0 saturated heterocycles. The summed E-state index contributed by atoms with van der Waals surface area (Å²) in [7, 11) is 0. The van der Waals surface area contributed by atoms with Crippen molar-refractivity contribution in [2.24, 2.45) is 0 Å². The van der Waals surface area contributed by atoms with Crippen molar-refractivity contribution in [1.29, 1.82) is 0 Å². The second kappa shape index (κ2) is 12.1. The smallest absolute Gasteiger partial charge is 0.337 e. The first-order valence-corrected chi connectivity index (χ1v) is 13.2. The van der Waals surface area contributed by atoms with Crippen LogP contribution in [-0.4, -0.2) is 41.0 Å². The quantitative estimate of drug-likeness (QED) is 0.196. The van der Waals surface area contributed by atoms with Gasteiger partial charge < -0.3 is 20.3 Å². The molecule has 0 bridgehead atoms. The fraction of sp³-hybridized carbons (Fsp3) is 0.281. The lowest BCUT2D eigenvalue weighted by atomic mass is 9.93. The van der Waals surface area contributed by atoms with Crippen LogP contribution in [0.25, 0.3) is 21.9 Å². The zero-order valence-electron chi connectivity index (χ0n) is 21.9. The number of halogens is 1. The third kappa shape index (κ3) is 7.00. The summed E-state index contributed by atoms with van der Waals surface area (Å²) in [5.74, 6) is -1.06. The van der Waals surface area contributed by atoms with E-state index in [2.05, 4.69) is 55.6 Å². The number of nitrogens with one attached hydrogen (secondary N) is 1. The average Bonchev–Trinajstić information content (AvgIpc) is 2.90. The monoisotopic (exact) mass is 531 g/mol. The van der Waals surface area contributed by atoms with Gasteiger partial charge in [0.25, 0.3) is 0 Å². The number of hydrogen-bond acceptors (Lipinski definition) is 4. The third-order valence-electron chi connectivity index (χ3n) is 6.72. The predicted molar refractivity (Wildman–Crippen MR) is 154 cm³/mol. The number of carbonyl (C=O) groups is 1. The van der Waals surface area contributed by atoms with Crippen molar-refractivity contribution in [3.8, 4) is 11.1 Å². The van der Waals surface area contributed by atoms with Crippen LogP contribution >= 0.6 is 11.6 Å². The van der Waals surface area contributed by atoms with Crippen molar-refractivity contribution in [2.75, 3.05) is 13.2 Å². The topological polar surface area (TPSA) is 78.8 Å². The molecule has 0 fully saturated rings. The van der Waals surface area contributed by atoms with Crippen LogP contribution in [0.4, 0.5) is 0 Å². The van der Waals surface area contributed by atoms with Gasteiger partial charge in [-0.1, -0.05) is 84.4 Å². The Bertz CT molecular complexity index is 1420. The van der Waals surface area contributed by atoms with E-state index in [0.717, 1.165) is 23.1 Å². The Morgan fingerprint density at radius 3 is 2.42 bits per heavy atom. The molecule has 38 heavy (non-hydrogen) atoms. The van der Waals surface area contributed by atoms with Gasteiger partial charge in [0.15, 0.2) is 0 Å². The number of aliphatic hydroxyl groups excluding tert-OH is 1. The van der Waals surface area contributed by atoms with Crippen molar-refractivity contribution in [3.63, 3.8) is 0 Å². The average molecular weight is 532 g/mol. The summed E-state index contributed by atoms with van der Waals surface area (Å²) in [6.45, 7) is 6.79. The van der Waals surface area contributed by atoms with Crippen LogP contribution in [0, 0.1) is 0 Å². The minimum atomic E-state index is -1.06. The maximum atomic E-state index is 11.3. The maximum absolute atomic E-state index is 11.3. The van der Waals surface area contributed by atoms with Crippen LogP contribution < -0.4 is 5.32 Å². The number of benzene rings is 4. The van der Waals surface area contributed by atoms with E-state index in [9.17, 15) is 15.0 Å². The van der Waals surface area contributed by atoms with Crippen molar-refractivity contribution in [3.05, 3.63) is 107 Å². The van der Waals surface area contributed by atoms with Crippen molar-refractivity contribution < 1.29 is 19.7 Å². The molecule has 6 heteroatoms. The predicted octanol–water partition coefficient (Wildman–Crippen LogP) is 6.91. The molecule has 0 amide bonds. The second-order valence-corrected chi connectivity index (χ2v) is 10.7. The SMILES string of the molecule is C[C@@H](OC[C@H](O)CNC(C)(C)Cc1ccc2ccccc2c1)c1ccccc1-c1ccc(C(=O)O)c(Cl)c1. The van der Waals surface area contributed by atoms with E-state index in [1.54, 1.807) is 12.1 Å². The fourth-order valence-electron chi connectivity index (χ4n) is 4.69. The zero-order valence-corrected chi connectivity index (χ0v) is 22.7. The van der Waals surface area contributed by atoms with Crippen LogP contribution in [0.3, 0.4) is 0 Å². The van der Waals surface area contributed by atoms with Gasteiger partial charge in [0.05, 0.1) is 29.4 Å². The molecular formula is C32H34ClNO4. The molecule has 0 heterocycles. The highest BCUT2D eigenvalue weighted by Crippen LogP contribution is 2.32. The van der Waals surface area contributed by atoms with Crippen molar-refractivity contribution >= 4 is 28.3 Å². The Kier molecular flexibility index (Phi) is 8.85. The second-order valence-electron chi connectivity index (χ2n) is 10.3. The Balaban J connectivity index is 1.34. The zero-order chi connectivity index (χ0) is 27.3. The molecule has 0 aromatic heterocycles. The standard InChI is InChI=1S/C32H34ClNO4/c1-21(27-10-6-7-11-28(27)25-14-15-29(31(36)37)30(33)17-25)38-20-26(35)19-34-32(2,3)18-22-12-13-23-8-4-5-9-24(23)16-22/h4-17,21,26,34-35H,18-20H2,1-3H3,(H,36,37)/t21-,26-/m1/s1. The van der Waals surface area contributed by atoms with Gasteiger partial charge in [0, 0.05) is 12.1 Å². The van der Waals surface area contributed by atoms with Gasteiger partial charge in [-0.15, -0.1) is 0 Å². The molecule has 0 radical (unpaired) electrons. The molecule has 3 N–H and O–H groups in total. The molecule has 198 valence electrons. The van der Waals surface area contributed by atoms with Gasteiger partial charge in [-0.3, -0.25) is 0 Å². The largest absolute Gasteiger partial charge is 0.478 e. The van der Waals surface area contributed by atoms with Crippen LogP contribution in [0.2, 0.25) is 5.02 Å². The van der Waals surface area contributed by atoms with E-state index >= 15 is 0 Å². The van der Waals surface area contributed by atoms with Crippen molar-refractivity contribution in [2.45, 2.75) is 44.9 Å². The van der Waals surface area contributed by atoms with Gasteiger partial charge in [0.2, 0.25) is 0 Å². The Hall–Kier alpha value is -3.22.